The molecule has 1 aromatic carbocycles. The minimum absolute atomic E-state index is 0.000652. The highest BCUT2D eigenvalue weighted by molar-refractivity contribution is 7.91. The van der Waals surface area contributed by atoms with Crippen molar-refractivity contribution in [1.82, 2.24) is 25.2 Å². The van der Waals surface area contributed by atoms with E-state index in [1.807, 2.05) is 26.0 Å². The van der Waals surface area contributed by atoms with Gasteiger partial charge in [-0.15, -0.1) is 0 Å². The number of benzene rings is 1. The summed E-state index contributed by atoms with van der Waals surface area (Å²) < 4.78 is 45.4. The van der Waals surface area contributed by atoms with E-state index in [1.165, 1.54) is 4.90 Å². The van der Waals surface area contributed by atoms with Gasteiger partial charge in [0.05, 0.1) is 11.3 Å². The number of carbonyl (C=O) groups is 4. The van der Waals surface area contributed by atoms with Crippen LogP contribution in [-0.4, -0.2) is 95.5 Å². The van der Waals surface area contributed by atoms with Crippen LogP contribution in [0.5, 0.6) is 17.4 Å². The summed E-state index contributed by atoms with van der Waals surface area (Å²) in [4.78, 5) is 60.3. The number of hydrogen-bond acceptors (Lipinski definition) is 10. The van der Waals surface area contributed by atoms with Crippen LogP contribution in [0.3, 0.4) is 0 Å². The molecule has 2 aliphatic carbocycles. The van der Waals surface area contributed by atoms with E-state index in [1.54, 1.807) is 31.3 Å². The Morgan fingerprint density at radius 2 is 1.87 bits per heavy atom. The number of nitrogens with one attached hydrogen (secondary N) is 3. The average Bonchev–Trinajstić information content (AvgIpc) is 3.98. The summed E-state index contributed by atoms with van der Waals surface area (Å²) in [6.07, 6.45) is 6.18. The second-order valence-electron chi connectivity index (χ2n) is 15.2. The maximum atomic E-state index is 14.4. The molecule has 2 unspecified atom stereocenters. The Kier molecular flexibility index (Phi) is 9.24. The van der Waals surface area contributed by atoms with Gasteiger partial charge in [0.25, 0.3) is 5.91 Å². The zero-order chi connectivity index (χ0) is 37.0. The first-order valence-corrected chi connectivity index (χ1v) is 19.4. The van der Waals surface area contributed by atoms with Crippen molar-refractivity contribution in [3.63, 3.8) is 0 Å². The third-order valence-corrected chi connectivity index (χ3v) is 13.4. The number of carbonyl (C=O) groups excluding carboxylic acids is 3. The highest BCUT2D eigenvalue weighted by Gasteiger charge is 2.63. The predicted octanol–water partition coefficient (Wildman–Crippen LogP) is 2.88. The van der Waals surface area contributed by atoms with E-state index >= 15 is 0 Å². The van der Waals surface area contributed by atoms with Gasteiger partial charge in [0.2, 0.25) is 27.7 Å². The Bertz CT molecular complexity index is 1930. The molecule has 0 spiro atoms. The molecule has 4 heterocycles. The lowest BCUT2D eigenvalue weighted by molar-refractivity contribution is -0.142. The summed E-state index contributed by atoms with van der Waals surface area (Å²) in [5.74, 6) is -1.44. The molecule has 0 bridgehead atoms. The van der Waals surface area contributed by atoms with E-state index in [2.05, 4.69) is 20.3 Å². The number of allylic oxidation sites excluding steroid dienone is 1. The predicted molar refractivity (Wildman–Crippen MR) is 187 cm³/mol. The van der Waals surface area contributed by atoms with E-state index in [4.69, 9.17) is 14.2 Å². The molecule has 16 heteroatoms. The Labute approximate surface area is 301 Å². The average molecular weight is 740 g/mol. The fourth-order valence-electron chi connectivity index (χ4n) is 7.72. The van der Waals surface area contributed by atoms with Gasteiger partial charge in [-0.3, -0.25) is 19.1 Å². The molecule has 15 nitrogen and oxygen atoms in total. The van der Waals surface area contributed by atoms with E-state index in [0.717, 1.165) is 6.42 Å². The normalized spacial score (nSPS) is 31.9. The van der Waals surface area contributed by atoms with Crippen molar-refractivity contribution in [1.29, 1.82) is 0 Å². The standard InChI is InChI=1S/C36H45N5O10S/c1-20-6-4-5-7-22-18-36(22,33(44)40-52(47,48)35(3)11-12-35)39-30(42)26-17-23(19-41(26)32(43)28(21(2)16-20)38-34(45)46)51-31-25-8-9-27-29(50-15-14-49-27)24(25)10-13-37-31/h5,7-10,13,20-23,26,28,38H,4,6,11-12,14-19H2,1-3H3,(H,39,42)(H,40,44)(H,45,46)/b7-5-/t20-,21-,22?,23-,26+,28+,36?/m1/s1. The lowest BCUT2D eigenvalue weighted by Gasteiger charge is -2.32. The highest BCUT2D eigenvalue weighted by atomic mass is 32.2. The van der Waals surface area contributed by atoms with Gasteiger partial charge >= 0.3 is 6.09 Å². The number of rotatable bonds is 6. The van der Waals surface area contributed by atoms with Crippen molar-refractivity contribution in [2.75, 3.05) is 19.8 Å². The number of amides is 4. The maximum absolute atomic E-state index is 14.4. The molecule has 5 aliphatic rings. The topological polar surface area (TPSA) is 203 Å². The summed E-state index contributed by atoms with van der Waals surface area (Å²) in [5.41, 5.74) is -1.55. The molecule has 2 saturated carbocycles. The smallest absolute Gasteiger partial charge is 0.405 e. The van der Waals surface area contributed by atoms with E-state index in [9.17, 15) is 32.7 Å². The molecule has 52 heavy (non-hydrogen) atoms. The molecule has 1 aromatic heterocycles. The Balaban J connectivity index is 1.21. The van der Waals surface area contributed by atoms with Gasteiger partial charge < -0.3 is 34.9 Å². The minimum atomic E-state index is -4.00. The van der Waals surface area contributed by atoms with Crippen LogP contribution in [0, 0.1) is 17.8 Å². The molecule has 7 atom stereocenters. The summed E-state index contributed by atoms with van der Waals surface area (Å²) >= 11 is 0. The SMILES string of the molecule is C[C@@H]1CC/C=C\C2CC2(C(=O)NS(=O)(=O)C2(C)CC2)NC(=O)[C@@H]2C[C@@H](Oc3nccc4c5c(ccc34)OCCO5)CN2C(=O)[C@@H](NC(=O)O)[C@H](C)C1. The van der Waals surface area contributed by atoms with Crippen molar-refractivity contribution >= 4 is 44.6 Å². The number of sulfonamides is 1. The number of ether oxygens (including phenoxy) is 3. The van der Waals surface area contributed by atoms with Crippen molar-refractivity contribution in [2.45, 2.75) is 94.2 Å². The Morgan fingerprint density at radius 1 is 1.10 bits per heavy atom. The van der Waals surface area contributed by atoms with Crippen molar-refractivity contribution < 1.29 is 46.9 Å². The fraction of sp³-hybridized carbons (Fsp3) is 0.583. The Morgan fingerprint density at radius 3 is 2.62 bits per heavy atom. The maximum Gasteiger partial charge on any atom is 0.405 e. The third kappa shape index (κ3) is 6.72. The number of nitrogens with zero attached hydrogens (tertiary/aromatic N) is 2. The first-order chi connectivity index (χ1) is 24.7. The van der Waals surface area contributed by atoms with Crippen molar-refractivity contribution in [3.05, 3.63) is 36.5 Å². The van der Waals surface area contributed by atoms with Crippen LogP contribution < -0.4 is 29.6 Å². The zero-order valence-electron chi connectivity index (χ0n) is 29.4. The second kappa shape index (κ2) is 13.4. The third-order valence-electron chi connectivity index (χ3n) is 11.2. The van der Waals surface area contributed by atoms with Crippen LogP contribution in [0.2, 0.25) is 0 Å². The van der Waals surface area contributed by atoms with Crippen LogP contribution in [0.15, 0.2) is 36.5 Å². The summed E-state index contributed by atoms with van der Waals surface area (Å²) in [7, 11) is -4.00. The Hall–Kier alpha value is -4.60. The number of hydrogen-bond donors (Lipinski definition) is 4. The lowest BCUT2D eigenvalue weighted by atomic mass is 9.88. The molecule has 3 aliphatic heterocycles. The van der Waals surface area contributed by atoms with Crippen molar-refractivity contribution in [2.24, 2.45) is 17.8 Å². The second-order valence-corrected chi connectivity index (χ2v) is 17.4. The van der Waals surface area contributed by atoms with Crippen LogP contribution in [0.25, 0.3) is 10.8 Å². The van der Waals surface area contributed by atoms with E-state index in [-0.39, 0.29) is 31.2 Å². The number of aromatic nitrogens is 1. The first-order valence-electron chi connectivity index (χ1n) is 17.9. The van der Waals surface area contributed by atoms with E-state index in [0.29, 0.717) is 61.2 Å². The molecular weight excluding hydrogens is 694 g/mol. The van der Waals surface area contributed by atoms with E-state index < -0.39 is 74.1 Å². The molecule has 7 rings (SSSR count). The van der Waals surface area contributed by atoms with Gasteiger partial charge in [-0.1, -0.05) is 26.0 Å². The first kappa shape index (κ1) is 35.8. The van der Waals surface area contributed by atoms with Crippen molar-refractivity contribution in [3.8, 4) is 17.4 Å². The number of fused-ring (bicyclic) bond motifs is 5. The molecule has 0 radical (unpaired) electrons. The van der Waals surface area contributed by atoms with Gasteiger partial charge in [-0.05, 0) is 75.5 Å². The summed E-state index contributed by atoms with van der Waals surface area (Å²) in [6.45, 7) is 6.14. The molecule has 4 amide bonds. The number of carboxylic acid groups (broad SMARTS) is 1. The lowest BCUT2D eigenvalue weighted by Crippen LogP contribution is -2.59. The largest absolute Gasteiger partial charge is 0.486 e. The molecule has 1 saturated heterocycles. The minimum Gasteiger partial charge on any atom is -0.486 e. The fourth-order valence-corrected chi connectivity index (χ4v) is 9.03. The monoisotopic (exact) mass is 739 g/mol. The van der Waals surface area contributed by atoms with Crippen LogP contribution in [0.4, 0.5) is 4.79 Å². The summed E-state index contributed by atoms with van der Waals surface area (Å²) in [5, 5.41) is 16.4. The zero-order valence-corrected chi connectivity index (χ0v) is 30.2. The molecule has 4 N–H and O–H groups in total. The molecule has 2 aromatic rings. The van der Waals surface area contributed by atoms with Gasteiger partial charge in [0, 0.05) is 29.3 Å². The van der Waals surface area contributed by atoms with Crippen LogP contribution >= 0.6 is 0 Å². The molecule has 280 valence electrons. The molecular formula is C36H45N5O10S. The quantitative estimate of drug-likeness (QED) is 0.318. The summed E-state index contributed by atoms with van der Waals surface area (Å²) in [6, 6.07) is 3.01. The molecule has 3 fully saturated rings. The van der Waals surface area contributed by atoms with Crippen LogP contribution in [0.1, 0.15) is 65.7 Å². The van der Waals surface area contributed by atoms with Gasteiger partial charge in [0.1, 0.15) is 36.9 Å². The van der Waals surface area contributed by atoms with Gasteiger partial charge in [-0.2, -0.15) is 0 Å². The highest BCUT2D eigenvalue weighted by Crippen LogP contribution is 2.48. The number of pyridine rings is 1. The van der Waals surface area contributed by atoms with Gasteiger partial charge in [0.15, 0.2) is 11.5 Å². The van der Waals surface area contributed by atoms with Crippen LogP contribution in [-0.2, 0) is 24.4 Å². The van der Waals surface area contributed by atoms with Gasteiger partial charge in [-0.25, -0.2) is 18.2 Å².